The smallest absolute Gasteiger partial charge is 0.216 e. The van der Waals surface area contributed by atoms with E-state index in [-0.39, 0.29) is 5.75 Å². The van der Waals surface area contributed by atoms with Crippen LogP contribution in [-0.4, -0.2) is 5.11 Å². The molecule has 0 bridgehead atoms. The van der Waals surface area contributed by atoms with Gasteiger partial charge in [-0.3, -0.25) is 0 Å². The van der Waals surface area contributed by atoms with E-state index in [1.54, 1.807) is 12.3 Å². The van der Waals surface area contributed by atoms with Gasteiger partial charge in [-0.1, -0.05) is 18.2 Å². The maximum absolute atomic E-state index is 9.25. The topological polar surface area (TPSA) is 24.1 Å². The van der Waals surface area contributed by atoms with Gasteiger partial charge in [0.25, 0.3) is 0 Å². The molecule has 2 heteroatoms. The van der Waals surface area contributed by atoms with Crippen LogP contribution in [0.25, 0.3) is 5.69 Å². The van der Waals surface area contributed by atoms with Crippen LogP contribution in [0.1, 0.15) is 0 Å². The van der Waals surface area contributed by atoms with E-state index in [0.29, 0.717) is 0 Å². The van der Waals surface area contributed by atoms with E-state index in [4.69, 9.17) is 0 Å². The minimum absolute atomic E-state index is 0.270. The summed E-state index contributed by atoms with van der Waals surface area (Å²) in [4.78, 5) is 0. The lowest BCUT2D eigenvalue weighted by Gasteiger charge is -1.94. The molecule has 2 nitrogen and oxygen atoms in total. The fraction of sp³-hybridized carbons (Fsp3) is 0. The van der Waals surface area contributed by atoms with Crippen molar-refractivity contribution in [2.24, 2.45) is 0 Å². The van der Waals surface area contributed by atoms with Crippen LogP contribution in [0.2, 0.25) is 0 Å². The van der Waals surface area contributed by atoms with Gasteiger partial charge in [-0.05, 0) is 6.07 Å². The average molecular weight is 172 g/mol. The van der Waals surface area contributed by atoms with Gasteiger partial charge < -0.3 is 5.11 Å². The highest BCUT2D eigenvalue weighted by Gasteiger charge is 2.03. The first kappa shape index (κ1) is 7.80. The average Bonchev–Trinajstić information content (AvgIpc) is 2.19. The number of pyridine rings is 1. The predicted octanol–water partition coefficient (Wildman–Crippen LogP) is 1.67. The van der Waals surface area contributed by atoms with Gasteiger partial charge in [0.2, 0.25) is 11.9 Å². The van der Waals surface area contributed by atoms with Gasteiger partial charge in [0.15, 0.2) is 11.9 Å². The molecule has 0 spiro atoms. The van der Waals surface area contributed by atoms with Crippen LogP contribution >= 0.6 is 0 Å². The zero-order valence-electron chi connectivity index (χ0n) is 7.09. The Hall–Kier alpha value is -1.83. The second-order valence-corrected chi connectivity index (χ2v) is 2.80. The first-order valence-corrected chi connectivity index (χ1v) is 4.12. The normalized spacial score (nSPS) is 9.85. The van der Waals surface area contributed by atoms with Crippen molar-refractivity contribution >= 4 is 0 Å². The molecule has 0 atom stereocenters. The van der Waals surface area contributed by atoms with Crippen LogP contribution in [0.4, 0.5) is 0 Å². The molecular formula is C11H10NO+. The lowest BCUT2D eigenvalue weighted by atomic mass is 10.3. The van der Waals surface area contributed by atoms with Crippen LogP contribution in [0.5, 0.6) is 5.75 Å². The molecule has 0 radical (unpaired) electrons. The number of benzene rings is 1. The van der Waals surface area contributed by atoms with Crippen molar-refractivity contribution in [1.29, 1.82) is 0 Å². The van der Waals surface area contributed by atoms with Gasteiger partial charge in [0, 0.05) is 18.2 Å². The van der Waals surface area contributed by atoms with Crippen molar-refractivity contribution in [1.82, 2.24) is 0 Å². The summed E-state index contributed by atoms with van der Waals surface area (Å²) in [7, 11) is 0. The maximum atomic E-state index is 9.25. The molecule has 0 aliphatic rings. The Balaban J connectivity index is 2.48. The first-order chi connectivity index (χ1) is 6.36. The second-order valence-electron chi connectivity index (χ2n) is 2.80. The van der Waals surface area contributed by atoms with Gasteiger partial charge in [-0.25, -0.2) is 0 Å². The Kier molecular flexibility index (Phi) is 1.96. The molecule has 1 aromatic carbocycles. The highest BCUT2D eigenvalue weighted by Crippen LogP contribution is 2.04. The molecule has 0 aliphatic carbocycles. The Bertz CT molecular complexity index is 398. The minimum Gasteiger partial charge on any atom is -0.503 e. The van der Waals surface area contributed by atoms with Gasteiger partial charge in [-0.2, -0.15) is 4.57 Å². The van der Waals surface area contributed by atoms with E-state index in [9.17, 15) is 5.11 Å². The lowest BCUT2D eigenvalue weighted by Crippen LogP contribution is -2.28. The molecule has 64 valence electrons. The molecule has 1 aromatic heterocycles. The molecular weight excluding hydrogens is 162 g/mol. The molecule has 1 N–H and O–H groups in total. The van der Waals surface area contributed by atoms with Gasteiger partial charge in [0.1, 0.15) is 0 Å². The van der Waals surface area contributed by atoms with Gasteiger partial charge >= 0.3 is 0 Å². The molecule has 13 heavy (non-hydrogen) atoms. The zero-order valence-corrected chi connectivity index (χ0v) is 7.09. The summed E-state index contributed by atoms with van der Waals surface area (Å²) in [5, 5.41) is 9.25. The van der Waals surface area contributed by atoms with Crippen LogP contribution in [-0.2, 0) is 0 Å². The van der Waals surface area contributed by atoms with Crippen molar-refractivity contribution in [2.45, 2.75) is 0 Å². The Morgan fingerprint density at radius 2 is 1.69 bits per heavy atom. The molecule has 0 amide bonds. The highest BCUT2D eigenvalue weighted by atomic mass is 16.3. The van der Waals surface area contributed by atoms with E-state index in [0.717, 1.165) is 5.69 Å². The molecule has 2 aromatic rings. The summed E-state index contributed by atoms with van der Waals surface area (Å²) in [5.74, 6) is 0.270. The van der Waals surface area contributed by atoms with Crippen molar-refractivity contribution in [2.75, 3.05) is 0 Å². The molecule has 0 aliphatic heterocycles. The fourth-order valence-corrected chi connectivity index (χ4v) is 1.22. The summed E-state index contributed by atoms with van der Waals surface area (Å²) in [6.07, 6.45) is 3.57. The molecule has 2 rings (SSSR count). The molecule has 1 heterocycles. The van der Waals surface area contributed by atoms with Crippen molar-refractivity contribution in [3.8, 4) is 11.4 Å². The first-order valence-electron chi connectivity index (χ1n) is 4.12. The number of para-hydroxylation sites is 1. The minimum atomic E-state index is 0.270. The highest BCUT2D eigenvalue weighted by molar-refractivity contribution is 5.22. The van der Waals surface area contributed by atoms with Crippen molar-refractivity contribution < 1.29 is 9.67 Å². The van der Waals surface area contributed by atoms with Crippen molar-refractivity contribution in [3.63, 3.8) is 0 Å². The number of hydrogen-bond donors (Lipinski definition) is 1. The largest absolute Gasteiger partial charge is 0.503 e. The number of nitrogens with zero attached hydrogens (tertiary/aromatic N) is 1. The summed E-state index contributed by atoms with van der Waals surface area (Å²) in [5.41, 5.74) is 1.04. The van der Waals surface area contributed by atoms with Crippen molar-refractivity contribution in [3.05, 3.63) is 54.9 Å². The number of hydrogen-bond acceptors (Lipinski definition) is 1. The Morgan fingerprint density at radius 1 is 0.923 bits per heavy atom. The summed E-state index contributed by atoms with van der Waals surface area (Å²) in [6.45, 7) is 0. The second kappa shape index (κ2) is 3.27. The number of aromatic nitrogens is 1. The van der Waals surface area contributed by atoms with Crippen LogP contribution in [0, 0.1) is 0 Å². The van der Waals surface area contributed by atoms with E-state index < -0.39 is 0 Å². The standard InChI is InChI=1S/C11H9NO/c13-11-7-4-8-12(9-11)10-5-2-1-3-6-10/h1-9H/p+1. The summed E-state index contributed by atoms with van der Waals surface area (Å²) < 4.78 is 1.87. The molecule has 0 saturated heterocycles. The summed E-state index contributed by atoms with van der Waals surface area (Å²) in [6, 6.07) is 13.3. The summed E-state index contributed by atoms with van der Waals surface area (Å²) >= 11 is 0. The third-order valence-corrected chi connectivity index (χ3v) is 1.84. The molecule has 0 unspecified atom stereocenters. The van der Waals surface area contributed by atoms with Crippen LogP contribution in [0.3, 0.4) is 0 Å². The fourth-order valence-electron chi connectivity index (χ4n) is 1.22. The van der Waals surface area contributed by atoms with E-state index in [1.165, 1.54) is 0 Å². The van der Waals surface area contributed by atoms with Crippen LogP contribution < -0.4 is 4.57 Å². The van der Waals surface area contributed by atoms with Gasteiger partial charge in [0.05, 0.1) is 0 Å². The van der Waals surface area contributed by atoms with Crippen LogP contribution in [0.15, 0.2) is 54.9 Å². The van der Waals surface area contributed by atoms with E-state index in [1.807, 2.05) is 47.2 Å². The zero-order chi connectivity index (χ0) is 9.10. The third-order valence-electron chi connectivity index (χ3n) is 1.84. The third kappa shape index (κ3) is 1.67. The van der Waals surface area contributed by atoms with E-state index >= 15 is 0 Å². The Labute approximate surface area is 76.7 Å². The lowest BCUT2D eigenvalue weighted by molar-refractivity contribution is -0.596. The monoisotopic (exact) mass is 172 g/mol. The predicted molar refractivity (Wildman–Crippen MR) is 49.6 cm³/mol. The molecule has 0 fully saturated rings. The number of aromatic hydroxyl groups is 1. The van der Waals surface area contributed by atoms with E-state index in [2.05, 4.69) is 0 Å². The molecule has 0 saturated carbocycles. The maximum Gasteiger partial charge on any atom is 0.216 e. The SMILES string of the molecule is Oc1ccc[n+](-c2ccccc2)c1. The van der Waals surface area contributed by atoms with Gasteiger partial charge in [-0.15, -0.1) is 0 Å². The Morgan fingerprint density at radius 3 is 2.38 bits per heavy atom. The quantitative estimate of drug-likeness (QED) is 0.650. The number of rotatable bonds is 1.